The molecule has 0 aromatic heterocycles. The van der Waals surface area contributed by atoms with E-state index < -0.39 is 0 Å². The van der Waals surface area contributed by atoms with Crippen LogP contribution in [0.5, 0.6) is 0 Å². The Hall–Kier alpha value is -1.59. The van der Waals surface area contributed by atoms with Crippen LogP contribution < -0.4 is 11.1 Å². The summed E-state index contributed by atoms with van der Waals surface area (Å²) in [7, 11) is 1.72. The van der Waals surface area contributed by atoms with Crippen molar-refractivity contribution in [1.29, 1.82) is 0 Å². The van der Waals surface area contributed by atoms with Crippen molar-refractivity contribution in [3.8, 4) is 0 Å². The Morgan fingerprint density at radius 1 is 1.55 bits per heavy atom. The van der Waals surface area contributed by atoms with Crippen molar-refractivity contribution < 1.29 is 9.53 Å². The minimum absolute atomic E-state index is 0.00421. The number of nitrogens with zero attached hydrogens (tertiary/aromatic N) is 1. The van der Waals surface area contributed by atoms with E-state index in [1.54, 1.807) is 13.2 Å². The zero-order valence-corrected chi connectivity index (χ0v) is 12.3. The molecule has 1 aromatic carbocycles. The second-order valence-electron chi connectivity index (χ2n) is 5.38. The van der Waals surface area contributed by atoms with Gasteiger partial charge in [-0.1, -0.05) is 6.07 Å². The molecule has 3 N–H and O–H groups in total. The highest BCUT2D eigenvalue weighted by molar-refractivity contribution is 5.95. The summed E-state index contributed by atoms with van der Waals surface area (Å²) in [5, 5.41) is 2.96. The third-order valence-corrected chi connectivity index (χ3v) is 3.96. The summed E-state index contributed by atoms with van der Waals surface area (Å²) in [6.45, 7) is 5.58. The Balaban J connectivity index is 1.99. The molecule has 0 aliphatic carbocycles. The molecule has 0 bridgehead atoms. The minimum atomic E-state index is -0.170. The van der Waals surface area contributed by atoms with Crippen molar-refractivity contribution in [2.24, 2.45) is 0 Å². The maximum absolute atomic E-state index is 12.3. The Morgan fingerprint density at radius 3 is 2.95 bits per heavy atom. The number of nitrogens with two attached hydrogens (primary N) is 1. The minimum Gasteiger partial charge on any atom is -0.399 e. The molecule has 5 heteroatoms. The van der Waals surface area contributed by atoms with Gasteiger partial charge in [0.2, 0.25) is 5.91 Å². The van der Waals surface area contributed by atoms with Crippen molar-refractivity contribution in [2.45, 2.75) is 32.4 Å². The number of aryl methyl sites for hydroxylation is 1. The third kappa shape index (κ3) is 3.29. The number of rotatable bonds is 4. The molecule has 5 nitrogen and oxygen atoms in total. The monoisotopic (exact) mass is 277 g/mol. The standard InChI is InChI=1S/C15H23N3O2/c1-10-4-5-12(16)8-14(10)17-15(19)11(2)18-7-6-13(9-18)20-3/h4-5,8,11,13H,6-7,9,16H2,1-3H3,(H,17,19). The molecule has 1 heterocycles. The zero-order valence-electron chi connectivity index (χ0n) is 12.3. The third-order valence-electron chi connectivity index (χ3n) is 3.96. The highest BCUT2D eigenvalue weighted by Gasteiger charge is 2.29. The molecular formula is C15H23N3O2. The second kappa shape index (κ2) is 6.24. The number of amides is 1. The summed E-state index contributed by atoms with van der Waals surface area (Å²) in [5.74, 6) is -0.00421. The van der Waals surface area contributed by atoms with Crippen LogP contribution in [0.25, 0.3) is 0 Å². The van der Waals surface area contributed by atoms with Gasteiger partial charge in [0.25, 0.3) is 0 Å². The number of methoxy groups -OCH3 is 1. The van der Waals surface area contributed by atoms with Gasteiger partial charge in [-0.25, -0.2) is 0 Å². The van der Waals surface area contributed by atoms with Crippen LogP contribution in [-0.2, 0) is 9.53 Å². The fourth-order valence-corrected chi connectivity index (χ4v) is 2.48. The molecule has 0 saturated carbocycles. The molecule has 0 radical (unpaired) electrons. The molecule has 1 saturated heterocycles. The number of hydrogen-bond acceptors (Lipinski definition) is 4. The molecule has 2 atom stereocenters. The Morgan fingerprint density at radius 2 is 2.30 bits per heavy atom. The molecular weight excluding hydrogens is 254 g/mol. The number of hydrogen-bond donors (Lipinski definition) is 2. The molecule has 1 aliphatic heterocycles. The van der Waals surface area contributed by atoms with Crippen LogP contribution in [0.15, 0.2) is 18.2 Å². The molecule has 1 aliphatic rings. The number of ether oxygens (including phenoxy) is 1. The molecule has 2 unspecified atom stereocenters. The van der Waals surface area contributed by atoms with E-state index in [4.69, 9.17) is 10.5 Å². The highest BCUT2D eigenvalue weighted by atomic mass is 16.5. The predicted molar refractivity (Wildman–Crippen MR) is 80.7 cm³/mol. The summed E-state index contributed by atoms with van der Waals surface area (Å²) in [6, 6.07) is 5.36. The van der Waals surface area contributed by atoms with E-state index in [9.17, 15) is 4.79 Å². The summed E-state index contributed by atoms with van der Waals surface area (Å²) < 4.78 is 5.33. The first-order chi connectivity index (χ1) is 9.51. The van der Waals surface area contributed by atoms with Gasteiger partial charge in [-0.3, -0.25) is 9.69 Å². The van der Waals surface area contributed by atoms with E-state index in [2.05, 4.69) is 10.2 Å². The number of carbonyl (C=O) groups is 1. The van der Waals surface area contributed by atoms with Gasteiger partial charge in [0, 0.05) is 31.6 Å². The maximum atomic E-state index is 12.3. The highest BCUT2D eigenvalue weighted by Crippen LogP contribution is 2.20. The first-order valence-corrected chi connectivity index (χ1v) is 6.95. The fourth-order valence-electron chi connectivity index (χ4n) is 2.48. The smallest absolute Gasteiger partial charge is 0.241 e. The average Bonchev–Trinajstić information content (AvgIpc) is 2.90. The first-order valence-electron chi connectivity index (χ1n) is 6.95. The summed E-state index contributed by atoms with van der Waals surface area (Å²) in [6.07, 6.45) is 1.21. The van der Waals surface area contributed by atoms with E-state index in [-0.39, 0.29) is 18.1 Å². The topological polar surface area (TPSA) is 67.6 Å². The van der Waals surface area contributed by atoms with Crippen molar-refractivity contribution in [3.63, 3.8) is 0 Å². The molecule has 2 rings (SSSR count). The van der Waals surface area contributed by atoms with Crippen molar-refractivity contribution >= 4 is 17.3 Å². The normalized spacial score (nSPS) is 20.9. The summed E-state index contributed by atoms with van der Waals surface area (Å²) >= 11 is 0. The van der Waals surface area contributed by atoms with E-state index in [1.807, 2.05) is 26.0 Å². The van der Waals surface area contributed by atoms with Crippen LogP contribution in [-0.4, -0.2) is 43.2 Å². The van der Waals surface area contributed by atoms with Crippen LogP contribution in [0.1, 0.15) is 18.9 Å². The lowest BCUT2D eigenvalue weighted by molar-refractivity contribution is -0.120. The number of likely N-dealkylation sites (tertiary alicyclic amines) is 1. The SMILES string of the molecule is COC1CCN(C(C)C(=O)Nc2cc(N)ccc2C)C1. The number of carbonyl (C=O) groups excluding carboxylic acids is 1. The lowest BCUT2D eigenvalue weighted by atomic mass is 10.1. The van der Waals surface area contributed by atoms with E-state index in [0.717, 1.165) is 30.8 Å². The molecule has 0 spiro atoms. The van der Waals surface area contributed by atoms with E-state index >= 15 is 0 Å². The van der Waals surface area contributed by atoms with Crippen LogP contribution in [0, 0.1) is 6.92 Å². The summed E-state index contributed by atoms with van der Waals surface area (Å²) in [4.78, 5) is 14.5. The molecule has 1 aromatic rings. The maximum Gasteiger partial charge on any atom is 0.241 e. The van der Waals surface area contributed by atoms with Gasteiger partial charge < -0.3 is 15.8 Å². The van der Waals surface area contributed by atoms with Gasteiger partial charge in [-0.05, 0) is 38.0 Å². The lowest BCUT2D eigenvalue weighted by Gasteiger charge is -2.23. The van der Waals surface area contributed by atoms with Gasteiger partial charge in [0.15, 0.2) is 0 Å². The molecule has 1 fully saturated rings. The Bertz CT molecular complexity index is 490. The van der Waals surface area contributed by atoms with Crippen LogP contribution >= 0.6 is 0 Å². The molecule has 20 heavy (non-hydrogen) atoms. The van der Waals surface area contributed by atoms with Crippen LogP contribution in [0.3, 0.4) is 0 Å². The van der Waals surface area contributed by atoms with Gasteiger partial charge in [-0.15, -0.1) is 0 Å². The van der Waals surface area contributed by atoms with Crippen molar-refractivity contribution in [1.82, 2.24) is 4.90 Å². The van der Waals surface area contributed by atoms with Gasteiger partial charge in [-0.2, -0.15) is 0 Å². The fraction of sp³-hybridized carbons (Fsp3) is 0.533. The van der Waals surface area contributed by atoms with Gasteiger partial charge in [0.1, 0.15) is 0 Å². The summed E-state index contributed by atoms with van der Waals surface area (Å²) in [5.41, 5.74) is 8.20. The molecule has 110 valence electrons. The van der Waals surface area contributed by atoms with Gasteiger partial charge in [0.05, 0.1) is 12.1 Å². The van der Waals surface area contributed by atoms with E-state index in [0.29, 0.717) is 5.69 Å². The second-order valence-corrected chi connectivity index (χ2v) is 5.38. The van der Waals surface area contributed by atoms with Crippen LogP contribution in [0.2, 0.25) is 0 Å². The predicted octanol–water partition coefficient (Wildman–Crippen LogP) is 1.62. The quantitative estimate of drug-likeness (QED) is 0.821. The van der Waals surface area contributed by atoms with Crippen LogP contribution in [0.4, 0.5) is 11.4 Å². The average molecular weight is 277 g/mol. The van der Waals surface area contributed by atoms with Gasteiger partial charge >= 0.3 is 0 Å². The molecule has 1 amide bonds. The number of nitrogens with one attached hydrogen (secondary N) is 1. The Kier molecular flexibility index (Phi) is 4.62. The lowest BCUT2D eigenvalue weighted by Crippen LogP contribution is -2.41. The van der Waals surface area contributed by atoms with E-state index in [1.165, 1.54) is 0 Å². The number of benzene rings is 1. The zero-order chi connectivity index (χ0) is 14.7. The van der Waals surface area contributed by atoms with Crippen molar-refractivity contribution in [3.05, 3.63) is 23.8 Å². The van der Waals surface area contributed by atoms with Crippen molar-refractivity contribution in [2.75, 3.05) is 31.2 Å². The number of anilines is 2. The Labute approximate surface area is 120 Å². The number of nitrogen functional groups attached to an aromatic ring is 1. The largest absolute Gasteiger partial charge is 0.399 e. The first kappa shape index (κ1) is 14.8.